The van der Waals surface area contributed by atoms with Gasteiger partial charge in [0.25, 0.3) is 0 Å². The molecule has 0 fully saturated rings. The van der Waals surface area contributed by atoms with E-state index in [0.29, 0.717) is 12.2 Å². The molecule has 0 saturated heterocycles. The van der Waals surface area contributed by atoms with Crippen molar-refractivity contribution in [2.45, 2.75) is 19.8 Å². The predicted octanol–water partition coefficient (Wildman–Crippen LogP) is 5.36. The van der Waals surface area contributed by atoms with E-state index in [4.69, 9.17) is 4.74 Å². The Morgan fingerprint density at radius 1 is 1.00 bits per heavy atom. The standard InChI is InChI=1S/C17H17BrF2O/c1-2-11-21-15-8-7-14(16(19)17(15)20)13-5-3-12(4-6-13)9-10-18/h3-8H,2,9-11H2,1H3. The predicted molar refractivity (Wildman–Crippen MR) is 85.1 cm³/mol. The number of hydrogen-bond acceptors (Lipinski definition) is 1. The van der Waals surface area contributed by atoms with Gasteiger partial charge in [-0.1, -0.05) is 47.1 Å². The molecule has 0 N–H and O–H groups in total. The van der Waals surface area contributed by atoms with Crippen LogP contribution in [0.25, 0.3) is 11.1 Å². The number of aryl methyl sites for hydroxylation is 1. The SMILES string of the molecule is CCCOc1ccc(-c2ccc(CCBr)cc2)c(F)c1F. The molecule has 0 aliphatic heterocycles. The number of rotatable bonds is 6. The summed E-state index contributed by atoms with van der Waals surface area (Å²) in [6, 6.07) is 10.5. The van der Waals surface area contributed by atoms with Crippen molar-refractivity contribution >= 4 is 15.9 Å². The highest BCUT2D eigenvalue weighted by molar-refractivity contribution is 9.09. The van der Waals surface area contributed by atoms with Crippen molar-refractivity contribution < 1.29 is 13.5 Å². The molecule has 1 nitrogen and oxygen atoms in total. The van der Waals surface area contributed by atoms with Gasteiger partial charge in [-0.05, 0) is 36.1 Å². The average Bonchev–Trinajstić information content (AvgIpc) is 2.50. The van der Waals surface area contributed by atoms with Crippen molar-refractivity contribution in [3.63, 3.8) is 0 Å². The molecule has 0 unspecified atom stereocenters. The van der Waals surface area contributed by atoms with Gasteiger partial charge in [-0.3, -0.25) is 0 Å². The minimum atomic E-state index is -0.925. The third kappa shape index (κ3) is 3.82. The molecule has 112 valence electrons. The molecule has 0 bridgehead atoms. The first-order chi connectivity index (χ1) is 10.2. The highest BCUT2D eigenvalue weighted by Gasteiger charge is 2.15. The molecule has 2 aromatic rings. The fourth-order valence-corrected chi connectivity index (χ4v) is 2.50. The third-order valence-electron chi connectivity index (χ3n) is 3.16. The van der Waals surface area contributed by atoms with Gasteiger partial charge in [0.15, 0.2) is 11.6 Å². The first-order valence-corrected chi connectivity index (χ1v) is 8.05. The first kappa shape index (κ1) is 16.0. The Morgan fingerprint density at radius 3 is 2.33 bits per heavy atom. The largest absolute Gasteiger partial charge is 0.490 e. The maximum absolute atomic E-state index is 14.2. The Kier molecular flexibility index (Phi) is 5.74. The highest BCUT2D eigenvalue weighted by atomic mass is 79.9. The van der Waals surface area contributed by atoms with E-state index in [0.717, 1.165) is 23.7 Å². The van der Waals surface area contributed by atoms with E-state index in [1.54, 1.807) is 6.07 Å². The van der Waals surface area contributed by atoms with Crippen LogP contribution < -0.4 is 4.74 Å². The minimum Gasteiger partial charge on any atom is -0.490 e. The lowest BCUT2D eigenvalue weighted by Gasteiger charge is -2.10. The number of ether oxygens (including phenoxy) is 1. The van der Waals surface area contributed by atoms with Gasteiger partial charge in [0.1, 0.15) is 0 Å². The van der Waals surface area contributed by atoms with Crippen molar-refractivity contribution in [1.82, 2.24) is 0 Å². The third-order valence-corrected chi connectivity index (χ3v) is 3.55. The van der Waals surface area contributed by atoms with Gasteiger partial charge >= 0.3 is 0 Å². The van der Waals surface area contributed by atoms with Gasteiger partial charge in [0.2, 0.25) is 5.82 Å². The number of hydrogen-bond donors (Lipinski definition) is 0. The number of halogens is 3. The van der Waals surface area contributed by atoms with E-state index in [2.05, 4.69) is 15.9 Å². The molecule has 2 aromatic carbocycles. The quantitative estimate of drug-likeness (QED) is 0.634. The molecular formula is C17H17BrF2O. The number of alkyl halides is 1. The van der Waals surface area contributed by atoms with E-state index in [9.17, 15) is 8.78 Å². The zero-order chi connectivity index (χ0) is 15.2. The van der Waals surface area contributed by atoms with Gasteiger partial charge in [0.05, 0.1) is 6.61 Å². The maximum atomic E-state index is 14.2. The summed E-state index contributed by atoms with van der Waals surface area (Å²) in [5.41, 5.74) is 2.06. The summed E-state index contributed by atoms with van der Waals surface area (Å²) in [5.74, 6) is -1.82. The lowest BCUT2D eigenvalue weighted by molar-refractivity contribution is 0.295. The van der Waals surface area contributed by atoms with Crippen molar-refractivity contribution in [1.29, 1.82) is 0 Å². The molecule has 0 aliphatic rings. The molecule has 0 radical (unpaired) electrons. The first-order valence-electron chi connectivity index (χ1n) is 6.93. The van der Waals surface area contributed by atoms with Crippen molar-refractivity contribution in [2.24, 2.45) is 0 Å². The smallest absolute Gasteiger partial charge is 0.201 e. The van der Waals surface area contributed by atoms with Crippen LogP contribution in [0.4, 0.5) is 8.78 Å². The van der Waals surface area contributed by atoms with Crippen LogP contribution in [0.1, 0.15) is 18.9 Å². The molecule has 0 saturated carbocycles. The van der Waals surface area contributed by atoms with Crippen molar-refractivity contribution in [2.75, 3.05) is 11.9 Å². The Bertz CT molecular complexity index is 596. The van der Waals surface area contributed by atoms with Crippen LogP contribution in [-0.4, -0.2) is 11.9 Å². The Morgan fingerprint density at radius 2 is 1.71 bits per heavy atom. The Labute approximate surface area is 132 Å². The van der Waals surface area contributed by atoms with E-state index in [1.165, 1.54) is 6.07 Å². The van der Waals surface area contributed by atoms with Gasteiger partial charge in [-0.15, -0.1) is 0 Å². The van der Waals surface area contributed by atoms with Crippen molar-refractivity contribution in [3.8, 4) is 16.9 Å². The normalized spacial score (nSPS) is 10.7. The number of benzene rings is 2. The molecule has 0 aliphatic carbocycles. The van der Waals surface area contributed by atoms with Crippen LogP contribution in [-0.2, 0) is 6.42 Å². The molecular weight excluding hydrogens is 338 g/mol. The fraction of sp³-hybridized carbons (Fsp3) is 0.294. The second-order valence-corrected chi connectivity index (χ2v) is 5.52. The maximum Gasteiger partial charge on any atom is 0.201 e. The van der Waals surface area contributed by atoms with Gasteiger partial charge in [-0.25, -0.2) is 4.39 Å². The second-order valence-electron chi connectivity index (χ2n) is 4.72. The molecule has 4 heteroatoms. The lowest BCUT2D eigenvalue weighted by Crippen LogP contribution is -2.00. The lowest BCUT2D eigenvalue weighted by atomic mass is 10.0. The summed E-state index contributed by atoms with van der Waals surface area (Å²) in [6.07, 6.45) is 1.65. The average molecular weight is 355 g/mol. The van der Waals surface area contributed by atoms with Crippen LogP contribution in [0, 0.1) is 11.6 Å². The van der Waals surface area contributed by atoms with Gasteiger partial charge in [0, 0.05) is 10.9 Å². The highest BCUT2D eigenvalue weighted by Crippen LogP contribution is 2.30. The zero-order valence-corrected chi connectivity index (χ0v) is 13.4. The molecule has 2 rings (SSSR count). The molecule has 21 heavy (non-hydrogen) atoms. The summed E-state index contributed by atoms with van der Waals surface area (Å²) in [6.45, 7) is 2.29. The van der Waals surface area contributed by atoms with Crippen LogP contribution in [0.3, 0.4) is 0 Å². The van der Waals surface area contributed by atoms with E-state index in [1.807, 2.05) is 31.2 Å². The Balaban J connectivity index is 2.29. The van der Waals surface area contributed by atoms with Gasteiger partial charge < -0.3 is 4.74 Å². The van der Waals surface area contributed by atoms with Crippen LogP contribution in [0.5, 0.6) is 5.75 Å². The topological polar surface area (TPSA) is 9.23 Å². The van der Waals surface area contributed by atoms with Crippen LogP contribution in [0.15, 0.2) is 36.4 Å². The molecule has 0 heterocycles. The van der Waals surface area contributed by atoms with E-state index in [-0.39, 0.29) is 11.3 Å². The molecule has 0 atom stereocenters. The second kappa shape index (κ2) is 7.55. The molecule has 0 aromatic heterocycles. The summed E-state index contributed by atoms with van der Waals surface area (Å²) in [7, 11) is 0. The zero-order valence-electron chi connectivity index (χ0n) is 11.8. The summed E-state index contributed by atoms with van der Waals surface area (Å²) in [5, 5.41) is 0.874. The van der Waals surface area contributed by atoms with Crippen LogP contribution in [0.2, 0.25) is 0 Å². The van der Waals surface area contributed by atoms with E-state index >= 15 is 0 Å². The summed E-state index contributed by atoms with van der Waals surface area (Å²) in [4.78, 5) is 0. The van der Waals surface area contributed by atoms with E-state index < -0.39 is 11.6 Å². The minimum absolute atomic E-state index is 0.0333. The summed E-state index contributed by atoms with van der Waals surface area (Å²) < 4.78 is 33.3. The van der Waals surface area contributed by atoms with Gasteiger partial charge in [-0.2, -0.15) is 4.39 Å². The van der Waals surface area contributed by atoms with Crippen LogP contribution >= 0.6 is 15.9 Å². The molecule has 0 spiro atoms. The summed E-state index contributed by atoms with van der Waals surface area (Å²) >= 11 is 3.38. The monoisotopic (exact) mass is 354 g/mol. The fourth-order valence-electron chi connectivity index (χ4n) is 2.04. The Hall–Kier alpha value is -1.42. The van der Waals surface area contributed by atoms with Crippen molar-refractivity contribution in [3.05, 3.63) is 53.6 Å². The molecule has 0 amide bonds.